The number of aromatic amines is 2. The fraction of sp³-hybridized carbons (Fsp3) is 0.250. The van der Waals surface area contributed by atoms with Crippen molar-refractivity contribution in [1.82, 2.24) is 29.7 Å². The third kappa shape index (κ3) is 3.61. The highest BCUT2D eigenvalue weighted by atomic mass is 32.2. The molecule has 0 aliphatic heterocycles. The molecule has 0 unspecified atom stereocenters. The maximum atomic E-state index is 12.8. The molecule has 3 aromatic heterocycles. The molecule has 30 heavy (non-hydrogen) atoms. The van der Waals surface area contributed by atoms with E-state index in [1.165, 1.54) is 11.8 Å². The van der Waals surface area contributed by atoms with Crippen LogP contribution in [-0.4, -0.2) is 40.9 Å². The van der Waals surface area contributed by atoms with Gasteiger partial charge in [-0.2, -0.15) is 0 Å². The molecule has 1 amide bonds. The van der Waals surface area contributed by atoms with Crippen molar-refractivity contribution in [1.29, 1.82) is 0 Å². The number of hydrogen-bond donors (Lipinski definition) is 3. The molecule has 3 heterocycles. The maximum Gasteiger partial charge on any atom is 0.323 e. The SMILES string of the molecule is C[C@@H](Sc1nnc(-c2cccnc2)n1C1CC1)C(=O)Nc1ccc2[nH]c(=O)[nH]c2c1. The molecule has 0 bridgehead atoms. The number of benzene rings is 1. The third-order valence-electron chi connectivity index (χ3n) is 4.93. The monoisotopic (exact) mass is 421 g/mol. The fourth-order valence-electron chi connectivity index (χ4n) is 3.28. The van der Waals surface area contributed by atoms with Gasteiger partial charge in [0.1, 0.15) is 0 Å². The summed E-state index contributed by atoms with van der Waals surface area (Å²) in [4.78, 5) is 33.7. The van der Waals surface area contributed by atoms with Gasteiger partial charge in [0.25, 0.3) is 0 Å². The van der Waals surface area contributed by atoms with Crippen molar-refractivity contribution in [3.8, 4) is 11.4 Å². The first-order valence-corrected chi connectivity index (χ1v) is 10.5. The average Bonchev–Trinajstić information content (AvgIpc) is 3.39. The first-order valence-electron chi connectivity index (χ1n) is 9.63. The molecule has 1 aromatic carbocycles. The lowest BCUT2D eigenvalue weighted by atomic mass is 10.2. The molecule has 9 nitrogen and oxygen atoms in total. The predicted octanol–water partition coefficient (Wildman–Crippen LogP) is 2.96. The Kier molecular flexibility index (Phi) is 4.62. The van der Waals surface area contributed by atoms with Gasteiger partial charge in [0.05, 0.1) is 16.3 Å². The van der Waals surface area contributed by atoms with Crippen molar-refractivity contribution in [2.45, 2.75) is 36.2 Å². The highest BCUT2D eigenvalue weighted by molar-refractivity contribution is 8.00. The summed E-state index contributed by atoms with van der Waals surface area (Å²) in [6, 6.07) is 9.44. The van der Waals surface area contributed by atoms with Gasteiger partial charge in [0.15, 0.2) is 11.0 Å². The van der Waals surface area contributed by atoms with Crippen LogP contribution in [0.25, 0.3) is 22.4 Å². The molecule has 5 rings (SSSR count). The van der Waals surface area contributed by atoms with E-state index in [0.717, 1.165) is 29.4 Å². The Morgan fingerprint density at radius 3 is 2.83 bits per heavy atom. The van der Waals surface area contributed by atoms with Crippen molar-refractivity contribution >= 4 is 34.4 Å². The summed E-state index contributed by atoms with van der Waals surface area (Å²) >= 11 is 1.38. The van der Waals surface area contributed by atoms with E-state index >= 15 is 0 Å². The summed E-state index contributed by atoms with van der Waals surface area (Å²) in [7, 11) is 0. The predicted molar refractivity (Wildman–Crippen MR) is 114 cm³/mol. The summed E-state index contributed by atoms with van der Waals surface area (Å²) < 4.78 is 2.11. The number of amides is 1. The van der Waals surface area contributed by atoms with E-state index < -0.39 is 0 Å². The average molecular weight is 421 g/mol. The van der Waals surface area contributed by atoms with E-state index in [9.17, 15) is 9.59 Å². The van der Waals surface area contributed by atoms with Gasteiger partial charge in [-0.1, -0.05) is 11.8 Å². The van der Waals surface area contributed by atoms with Gasteiger partial charge in [-0.3, -0.25) is 14.3 Å². The van der Waals surface area contributed by atoms with Crippen LogP contribution in [0, 0.1) is 0 Å². The van der Waals surface area contributed by atoms with Gasteiger partial charge in [0.2, 0.25) is 5.91 Å². The van der Waals surface area contributed by atoms with Crippen LogP contribution in [0.15, 0.2) is 52.7 Å². The lowest BCUT2D eigenvalue weighted by Gasteiger charge is -2.13. The molecule has 1 saturated carbocycles. The minimum atomic E-state index is -0.380. The summed E-state index contributed by atoms with van der Waals surface area (Å²) in [6.07, 6.45) is 5.65. The van der Waals surface area contributed by atoms with Gasteiger partial charge < -0.3 is 15.3 Å². The Bertz CT molecular complexity index is 1270. The Morgan fingerprint density at radius 2 is 2.07 bits per heavy atom. The summed E-state index contributed by atoms with van der Waals surface area (Å²) in [6.45, 7) is 1.84. The van der Waals surface area contributed by atoms with Crippen molar-refractivity contribution in [2.75, 3.05) is 5.32 Å². The molecule has 0 spiro atoms. The molecule has 3 N–H and O–H groups in total. The highest BCUT2D eigenvalue weighted by Gasteiger charge is 2.31. The molecular weight excluding hydrogens is 402 g/mol. The minimum Gasteiger partial charge on any atom is -0.325 e. The Balaban J connectivity index is 1.34. The van der Waals surface area contributed by atoms with E-state index in [0.29, 0.717) is 22.8 Å². The van der Waals surface area contributed by atoms with Gasteiger partial charge in [-0.25, -0.2) is 4.79 Å². The number of hydrogen-bond acceptors (Lipinski definition) is 6. The van der Waals surface area contributed by atoms with Crippen LogP contribution in [-0.2, 0) is 4.79 Å². The smallest absolute Gasteiger partial charge is 0.323 e. The second-order valence-electron chi connectivity index (χ2n) is 7.24. The molecule has 1 aliphatic carbocycles. The van der Waals surface area contributed by atoms with Crippen LogP contribution in [0.1, 0.15) is 25.8 Å². The van der Waals surface area contributed by atoms with Gasteiger partial charge in [-0.05, 0) is 50.1 Å². The number of anilines is 1. The standard InChI is InChI=1S/C20H19N7O2S/c1-11(18(28)22-13-4-7-15-16(9-13)24-19(29)23-15)30-20-26-25-17(27(20)14-5-6-14)12-3-2-8-21-10-12/h2-4,7-11,14H,5-6H2,1H3,(H,22,28)(H2,23,24,29)/t11-/m1/s1. The first kappa shape index (κ1) is 18.6. The number of carbonyl (C=O) groups is 1. The van der Waals surface area contributed by atoms with E-state index in [4.69, 9.17) is 0 Å². The third-order valence-corrected chi connectivity index (χ3v) is 5.99. The van der Waals surface area contributed by atoms with Crippen molar-refractivity contribution in [3.63, 3.8) is 0 Å². The molecule has 1 atom stereocenters. The van der Waals surface area contributed by atoms with E-state index in [-0.39, 0.29) is 16.8 Å². The molecule has 0 radical (unpaired) electrons. The number of thioether (sulfide) groups is 1. The highest BCUT2D eigenvalue weighted by Crippen LogP contribution is 2.41. The number of pyridine rings is 1. The van der Waals surface area contributed by atoms with Crippen LogP contribution in [0.2, 0.25) is 0 Å². The van der Waals surface area contributed by atoms with Crippen LogP contribution < -0.4 is 11.0 Å². The number of carbonyl (C=O) groups excluding carboxylic acids is 1. The number of rotatable bonds is 6. The zero-order valence-corrected chi connectivity index (χ0v) is 16.9. The van der Waals surface area contributed by atoms with E-state index in [2.05, 4.69) is 35.0 Å². The normalized spacial score (nSPS) is 14.7. The topological polar surface area (TPSA) is 121 Å². The number of fused-ring (bicyclic) bond motifs is 1. The number of nitrogens with one attached hydrogen (secondary N) is 3. The van der Waals surface area contributed by atoms with Crippen molar-refractivity contribution in [2.24, 2.45) is 0 Å². The van der Waals surface area contributed by atoms with Crippen molar-refractivity contribution in [3.05, 3.63) is 53.2 Å². The largest absolute Gasteiger partial charge is 0.325 e. The molecule has 4 aromatic rings. The lowest BCUT2D eigenvalue weighted by molar-refractivity contribution is -0.115. The van der Waals surface area contributed by atoms with E-state index in [1.807, 2.05) is 19.1 Å². The maximum absolute atomic E-state index is 12.8. The summed E-state index contributed by atoms with van der Waals surface area (Å²) in [5.41, 5.74) is 2.60. The van der Waals surface area contributed by atoms with Crippen molar-refractivity contribution < 1.29 is 4.79 Å². The van der Waals surface area contributed by atoms with Gasteiger partial charge in [0, 0.05) is 29.7 Å². The molecule has 0 saturated heterocycles. The Labute approximate surface area is 175 Å². The molecule has 10 heteroatoms. The molecule has 152 valence electrons. The lowest BCUT2D eigenvalue weighted by Crippen LogP contribution is -2.23. The van der Waals surface area contributed by atoms with Gasteiger partial charge >= 0.3 is 5.69 Å². The molecular formula is C20H19N7O2S. The second kappa shape index (κ2) is 7.45. The Morgan fingerprint density at radius 1 is 1.23 bits per heavy atom. The zero-order chi connectivity index (χ0) is 20.7. The number of nitrogens with zero attached hydrogens (tertiary/aromatic N) is 4. The zero-order valence-electron chi connectivity index (χ0n) is 16.1. The Hall–Kier alpha value is -3.40. The van der Waals surface area contributed by atoms with Crippen LogP contribution in [0.5, 0.6) is 0 Å². The molecule has 1 aliphatic rings. The summed E-state index contributed by atoms with van der Waals surface area (Å²) in [5, 5.41) is 12.0. The van der Waals surface area contributed by atoms with Crippen LogP contribution in [0.3, 0.4) is 0 Å². The van der Waals surface area contributed by atoms with Crippen LogP contribution in [0.4, 0.5) is 5.69 Å². The molecule has 1 fully saturated rings. The number of aromatic nitrogens is 6. The minimum absolute atomic E-state index is 0.148. The second-order valence-corrected chi connectivity index (χ2v) is 8.55. The first-order chi connectivity index (χ1) is 14.6. The number of H-pyrrole nitrogens is 2. The number of imidazole rings is 1. The fourth-order valence-corrected chi connectivity index (χ4v) is 4.20. The van der Waals surface area contributed by atoms with E-state index in [1.54, 1.807) is 30.6 Å². The van der Waals surface area contributed by atoms with Crippen LogP contribution >= 0.6 is 11.8 Å². The van der Waals surface area contributed by atoms with Gasteiger partial charge in [-0.15, -0.1) is 10.2 Å². The summed E-state index contributed by atoms with van der Waals surface area (Å²) in [5.74, 6) is 0.632. The quantitative estimate of drug-likeness (QED) is 0.412.